The number of ether oxygens (including phenoxy) is 2. The number of nitrogens with one attached hydrogen (secondary N) is 1. The third-order valence-electron chi connectivity index (χ3n) is 5.46. The van der Waals surface area contributed by atoms with Crippen LogP contribution < -0.4 is 10.2 Å². The van der Waals surface area contributed by atoms with Gasteiger partial charge in [-0.15, -0.1) is 24.0 Å². The van der Waals surface area contributed by atoms with Gasteiger partial charge in [-0.1, -0.05) is 6.07 Å². The molecule has 31 heavy (non-hydrogen) atoms. The van der Waals surface area contributed by atoms with E-state index in [2.05, 4.69) is 15.2 Å². The van der Waals surface area contributed by atoms with E-state index in [0.717, 1.165) is 51.0 Å². The lowest BCUT2D eigenvalue weighted by Gasteiger charge is -2.37. The van der Waals surface area contributed by atoms with Gasteiger partial charge in [-0.05, 0) is 37.5 Å². The molecule has 0 bridgehead atoms. The Morgan fingerprint density at radius 1 is 1.19 bits per heavy atom. The van der Waals surface area contributed by atoms with Crippen LogP contribution in [0.4, 0.5) is 18.9 Å². The van der Waals surface area contributed by atoms with Gasteiger partial charge in [-0.25, -0.2) is 0 Å². The molecular formula is C21H32F3IN4O2. The summed E-state index contributed by atoms with van der Waals surface area (Å²) < 4.78 is 50.1. The van der Waals surface area contributed by atoms with Crippen LogP contribution in [0.2, 0.25) is 0 Å². The monoisotopic (exact) mass is 556 g/mol. The first-order valence-electron chi connectivity index (χ1n) is 10.5. The Morgan fingerprint density at radius 2 is 1.90 bits per heavy atom. The Bertz CT molecular complexity index is 691. The highest BCUT2D eigenvalue weighted by Crippen LogP contribution is 2.31. The zero-order chi connectivity index (χ0) is 21.4. The summed E-state index contributed by atoms with van der Waals surface area (Å²) in [5, 5.41) is 3.36. The molecule has 0 amide bonds. The van der Waals surface area contributed by atoms with Gasteiger partial charge in [-0.3, -0.25) is 4.99 Å². The van der Waals surface area contributed by atoms with E-state index in [1.807, 2.05) is 4.90 Å². The first-order valence-corrected chi connectivity index (χ1v) is 10.5. The Labute approximate surface area is 199 Å². The van der Waals surface area contributed by atoms with Crippen molar-refractivity contribution in [2.75, 3.05) is 64.5 Å². The van der Waals surface area contributed by atoms with Gasteiger partial charge >= 0.3 is 6.18 Å². The number of benzene rings is 1. The number of guanidine groups is 1. The largest absolute Gasteiger partial charge is 0.416 e. The molecule has 1 aromatic carbocycles. The van der Waals surface area contributed by atoms with Crippen molar-refractivity contribution in [1.82, 2.24) is 10.2 Å². The maximum absolute atomic E-state index is 13.0. The SMILES string of the molecule is CN=C(NCCCOC1CCOCC1)N1CCN(c2cccc(C(F)(F)F)c2)CC1.I. The zero-order valence-corrected chi connectivity index (χ0v) is 20.2. The van der Waals surface area contributed by atoms with E-state index in [4.69, 9.17) is 9.47 Å². The fourth-order valence-corrected chi connectivity index (χ4v) is 3.75. The van der Waals surface area contributed by atoms with Crippen LogP contribution in [-0.4, -0.2) is 76.6 Å². The third kappa shape index (κ3) is 7.98. The van der Waals surface area contributed by atoms with Gasteiger partial charge in [0.25, 0.3) is 0 Å². The van der Waals surface area contributed by atoms with Crippen LogP contribution in [0.3, 0.4) is 0 Å². The fraction of sp³-hybridized carbons (Fsp3) is 0.667. The molecule has 2 saturated heterocycles. The zero-order valence-electron chi connectivity index (χ0n) is 17.9. The van der Waals surface area contributed by atoms with Crippen molar-refractivity contribution >= 4 is 35.6 Å². The maximum atomic E-state index is 13.0. The predicted molar refractivity (Wildman–Crippen MR) is 126 cm³/mol. The molecule has 0 spiro atoms. The van der Waals surface area contributed by atoms with Crippen molar-refractivity contribution in [3.63, 3.8) is 0 Å². The van der Waals surface area contributed by atoms with Crippen LogP contribution in [0.5, 0.6) is 0 Å². The smallest absolute Gasteiger partial charge is 0.381 e. The van der Waals surface area contributed by atoms with Crippen molar-refractivity contribution in [3.8, 4) is 0 Å². The van der Waals surface area contributed by atoms with E-state index in [1.54, 1.807) is 13.1 Å². The van der Waals surface area contributed by atoms with Crippen LogP contribution in [0.1, 0.15) is 24.8 Å². The van der Waals surface area contributed by atoms with Crippen molar-refractivity contribution in [1.29, 1.82) is 0 Å². The molecule has 2 fully saturated rings. The average Bonchev–Trinajstić information content (AvgIpc) is 2.77. The maximum Gasteiger partial charge on any atom is 0.416 e. The molecule has 3 rings (SSSR count). The molecule has 0 saturated carbocycles. The number of alkyl halides is 3. The second-order valence-corrected chi connectivity index (χ2v) is 7.53. The summed E-state index contributed by atoms with van der Waals surface area (Å²) in [6.45, 7) is 5.73. The van der Waals surface area contributed by atoms with Crippen LogP contribution in [-0.2, 0) is 15.7 Å². The Balaban J connectivity index is 0.00000341. The van der Waals surface area contributed by atoms with Gasteiger partial charge < -0.3 is 24.6 Å². The van der Waals surface area contributed by atoms with E-state index >= 15 is 0 Å². The average molecular weight is 556 g/mol. The van der Waals surface area contributed by atoms with Crippen molar-refractivity contribution < 1.29 is 22.6 Å². The Morgan fingerprint density at radius 3 is 2.55 bits per heavy atom. The molecule has 10 heteroatoms. The van der Waals surface area contributed by atoms with Crippen LogP contribution in [0, 0.1) is 0 Å². The third-order valence-corrected chi connectivity index (χ3v) is 5.46. The first kappa shape index (κ1) is 26.0. The van der Waals surface area contributed by atoms with Gasteiger partial charge in [0, 0.05) is 65.3 Å². The number of anilines is 1. The topological polar surface area (TPSA) is 49.3 Å². The van der Waals surface area contributed by atoms with Gasteiger partial charge in [0.05, 0.1) is 11.7 Å². The summed E-state index contributed by atoms with van der Waals surface area (Å²) in [4.78, 5) is 8.48. The summed E-state index contributed by atoms with van der Waals surface area (Å²) in [7, 11) is 1.75. The molecule has 0 aliphatic carbocycles. The number of halogens is 4. The van der Waals surface area contributed by atoms with Crippen molar-refractivity contribution in [3.05, 3.63) is 29.8 Å². The van der Waals surface area contributed by atoms with E-state index in [-0.39, 0.29) is 24.0 Å². The standard InChI is InChI=1S/C21H31F3N4O2.HI/c1-25-20(26-8-3-13-30-19-6-14-29-15-7-19)28-11-9-27(10-12-28)18-5-2-4-17(16-18)21(22,23)24;/h2,4-5,16,19H,3,6-15H2,1H3,(H,25,26);1H. The lowest BCUT2D eigenvalue weighted by molar-refractivity contribution is -0.137. The molecule has 0 unspecified atom stereocenters. The second kappa shape index (κ2) is 12.7. The molecule has 176 valence electrons. The first-order chi connectivity index (χ1) is 14.5. The van der Waals surface area contributed by atoms with E-state index < -0.39 is 11.7 Å². The minimum Gasteiger partial charge on any atom is -0.381 e. The van der Waals surface area contributed by atoms with Crippen LogP contribution in [0.25, 0.3) is 0 Å². The van der Waals surface area contributed by atoms with Gasteiger partial charge in [0.2, 0.25) is 0 Å². The second-order valence-electron chi connectivity index (χ2n) is 7.53. The highest BCUT2D eigenvalue weighted by molar-refractivity contribution is 14.0. The Hall–Kier alpha value is -1.27. The van der Waals surface area contributed by atoms with E-state index in [1.165, 1.54) is 12.1 Å². The fourth-order valence-electron chi connectivity index (χ4n) is 3.75. The highest BCUT2D eigenvalue weighted by Gasteiger charge is 2.31. The molecule has 2 aliphatic rings. The normalized spacial score (nSPS) is 18.6. The minimum atomic E-state index is -4.32. The number of nitrogens with zero attached hydrogens (tertiary/aromatic N) is 3. The van der Waals surface area contributed by atoms with Gasteiger partial charge in [0.15, 0.2) is 5.96 Å². The lowest BCUT2D eigenvalue weighted by Crippen LogP contribution is -2.52. The summed E-state index contributed by atoms with van der Waals surface area (Å²) in [5.41, 5.74) is 0.000519. The molecule has 0 atom stereocenters. The number of hydrogen-bond acceptors (Lipinski definition) is 4. The van der Waals surface area contributed by atoms with Gasteiger partial charge in [0.1, 0.15) is 0 Å². The number of piperazine rings is 1. The highest BCUT2D eigenvalue weighted by atomic mass is 127. The number of aliphatic imine (C=N–C) groups is 1. The molecule has 0 radical (unpaired) electrons. The summed E-state index contributed by atoms with van der Waals surface area (Å²) in [6, 6.07) is 5.53. The van der Waals surface area contributed by atoms with Crippen molar-refractivity contribution in [2.24, 2.45) is 4.99 Å². The van der Waals surface area contributed by atoms with Crippen LogP contribution in [0.15, 0.2) is 29.3 Å². The molecule has 2 aliphatic heterocycles. The molecule has 6 nitrogen and oxygen atoms in total. The summed E-state index contributed by atoms with van der Waals surface area (Å²) in [5.74, 6) is 0.824. The molecule has 0 aromatic heterocycles. The molecular weight excluding hydrogens is 524 g/mol. The molecule has 1 aromatic rings. The number of hydrogen-bond donors (Lipinski definition) is 1. The predicted octanol–water partition coefficient (Wildman–Crippen LogP) is 3.61. The van der Waals surface area contributed by atoms with Crippen LogP contribution >= 0.6 is 24.0 Å². The van der Waals surface area contributed by atoms with Gasteiger partial charge in [-0.2, -0.15) is 13.2 Å². The molecule has 2 heterocycles. The summed E-state index contributed by atoms with van der Waals surface area (Å²) >= 11 is 0. The Kier molecular flexibility index (Phi) is 10.6. The lowest BCUT2D eigenvalue weighted by atomic mass is 10.1. The summed E-state index contributed by atoms with van der Waals surface area (Å²) in [6.07, 6.45) is -1.20. The van der Waals surface area contributed by atoms with E-state index in [9.17, 15) is 13.2 Å². The van der Waals surface area contributed by atoms with E-state index in [0.29, 0.717) is 44.6 Å². The molecule has 1 N–H and O–H groups in total. The van der Waals surface area contributed by atoms with Crippen molar-refractivity contribution in [2.45, 2.75) is 31.5 Å². The minimum absolute atomic E-state index is 0. The quantitative estimate of drug-likeness (QED) is 0.251. The number of rotatable bonds is 6.